The molecule has 1 aliphatic rings. The van der Waals surface area contributed by atoms with E-state index in [1.807, 2.05) is 60.0 Å². The first-order valence-electron chi connectivity index (χ1n) is 15.5. The SMILES string of the molecule is Cn1c(-c2cccc(Oc3ccc4c(c3)N(c3ccccn3)c3cc5sc6ccccc6c5cc3C4(C)C)c2)nc2ccccc21. The maximum atomic E-state index is 6.59. The van der Waals surface area contributed by atoms with Crippen molar-refractivity contribution in [1.82, 2.24) is 14.5 Å². The van der Waals surface area contributed by atoms with Crippen LogP contribution in [0.5, 0.6) is 11.5 Å². The highest BCUT2D eigenvalue weighted by atomic mass is 32.1. The van der Waals surface area contributed by atoms with Crippen LogP contribution in [0.3, 0.4) is 0 Å². The van der Waals surface area contributed by atoms with Crippen LogP contribution in [0.25, 0.3) is 42.6 Å². The van der Waals surface area contributed by atoms with Gasteiger partial charge >= 0.3 is 0 Å². The van der Waals surface area contributed by atoms with Crippen molar-refractivity contribution in [3.63, 3.8) is 0 Å². The number of ether oxygens (including phenoxy) is 1. The predicted octanol–water partition coefficient (Wildman–Crippen LogP) is 10.9. The minimum Gasteiger partial charge on any atom is -0.457 e. The zero-order chi connectivity index (χ0) is 31.0. The number of nitrogens with zero attached hydrogens (tertiary/aromatic N) is 4. The second-order valence-electron chi connectivity index (χ2n) is 12.4. The molecule has 222 valence electrons. The van der Waals surface area contributed by atoms with Crippen LogP contribution in [-0.2, 0) is 12.5 Å². The number of thiophene rings is 1. The van der Waals surface area contributed by atoms with E-state index in [2.05, 4.69) is 109 Å². The number of para-hydroxylation sites is 2. The van der Waals surface area contributed by atoms with Gasteiger partial charge < -0.3 is 9.30 Å². The van der Waals surface area contributed by atoms with Crippen molar-refractivity contribution in [1.29, 1.82) is 0 Å². The molecule has 1 aliphatic heterocycles. The number of fused-ring (bicyclic) bond motifs is 6. The Labute approximate surface area is 271 Å². The summed E-state index contributed by atoms with van der Waals surface area (Å²) < 4.78 is 11.3. The molecule has 3 aromatic heterocycles. The van der Waals surface area contributed by atoms with E-state index in [1.54, 1.807) is 0 Å². The molecule has 0 saturated carbocycles. The maximum Gasteiger partial charge on any atom is 0.140 e. The van der Waals surface area contributed by atoms with Crippen LogP contribution < -0.4 is 9.64 Å². The molecular formula is C40H30N4OS. The van der Waals surface area contributed by atoms with E-state index < -0.39 is 0 Å². The molecule has 0 aliphatic carbocycles. The standard InChI is InChI=1S/C40H30N4OS/c1-40(2)30-19-18-27(45-26-12-10-11-25(21-26)39-42-32-14-5-6-15-33(32)43(39)3)22-34(30)44(38-17-8-9-20-41-38)35-24-37-29(23-31(35)40)28-13-4-7-16-36(28)46-37/h4-24H,1-3H3. The Hall–Kier alpha value is -5.46. The first-order chi connectivity index (χ1) is 22.5. The molecule has 0 amide bonds. The Balaban J connectivity index is 1.17. The van der Waals surface area contributed by atoms with Crippen molar-refractivity contribution < 1.29 is 4.74 Å². The van der Waals surface area contributed by atoms with Crippen LogP contribution in [0.1, 0.15) is 25.0 Å². The van der Waals surface area contributed by atoms with Crippen molar-refractivity contribution in [3.05, 3.63) is 139 Å². The third-order valence-corrected chi connectivity index (χ3v) is 10.4. The number of imidazole rings is 1. The molecule has 0 unspecified atom stereocenters. The van der Waals surface area contributed by atoms with Crippen LogP contribution in [0.2, 0.25) is 0 Å². The van der Waals surface area contributed by atoms with E-state index in [-0.39, 0.29) is 5.41 Å². The van der Waals surface area contributed by atoms with Crippen molar-refractivity contribution in [3.8, 4) is 22.9 Å². The zero-order valence-corrected chi connectivity index (χ0v) is 26.5. The molecule has 0 saturated heterocycles. The summed E-state index contributed by atoms with van der Waals surface area (Å²) in [6.07, 6.45) is 1.86. The van der Waals surface area contributed by atoms with Gasteiger partial charge in [-0.15, -0.1) is 11.3 Å². The van der Waals surface area contributed by atoms with Crippen LogP contribution in [0.15, 0.2) is 128 Å². The van der Waals surface area contributed by atoms with Gasteiger partial charge in [-0.1, -0.05) is 68.4 Å². The van der Waals surface area contributed by atoms with Gasteiger partial charge in [-0.05, 0) is 71.8 Å². The Bertz CT molecular complexity index is 2460. The van der Waals surface area contributed by atoms with E-state index in [0.29, 0.717) is 0 Å². The van der Waals surface area contributed by atoms with Gasteiger partial charge in [0.1, 0.15) is 23.1 Å². The topological polar surface area (TPSA) is 43.2 Å². The molecule has 0 fully saturated rings. The average Bonchev–Trinajstić information content (AvgIpc) is 3.62. The largest absolute Gasteiger partial charge is 0.457 e. The maximum absolute atomic E-state index is 6.59. The average molecular weight is 615 g/mol. The monoisotopic (exact) mass is 614 g/mol. The van der Waals surface area contributed by atoms with Crippen LogP contribution in [0, 0.1) is 0 Å². The van der Waals surface area contributed by atoms with Gasteiger partial charge in [0.05, 0.1) is 22.4 Å². The molecule has 0 bridgehead atoms. The summed E-state index contributed by atoms with van der Waals surface area (Å²) in [4.78, 5) is 12.0. The third-order valence-electron chi connectivity index (χ3n) is 9.29. The van der Waals surface area contributed by atoms with Gasteiger partial charge in [0.2, 0.25) is 0 Å². The second-order valence-corrected chi connectivity index (χ2v) is 13.5. The Morgan fingerprint density at radius 2 is 1.48 bits per heavy atom. The molecule has 6 heteroatoms. The van der Waals surface area contributed by atoms with Gasteiger partial charge in [0.25, 0.3) is 0 Å². The lowest BCUT2D eigenvalue weighted by Crippen LogP contribution is -2.31. The summed E-state index contributed by atoms with van der Waals surface area (Å²) in [6, 6.07) is 42.4. The van der Waals surface area contributed by atoms with E-state index >= 15 is 0 Å². The Morgan fingerprint density at radius 1 is 0.674 bits per heavy atom. The predicted molar refractivity (Wildman–Crippen MR) is 190 cm³/mol. The first-order valence-corrected chi connectivity index (χ1v) is 16.3. The van der Waals surface area contributed by atoms with Crippen LogP contribution in [-0.4, -0.2) is 14.5 Å². The summed E-state index contributed by atoms with van der Waals surface area (Å²) >= 11 is 1.84. The zero-order valence-electron chi connectivity index (χ0n) is 25.7. The minimum absolute atomic E-state index is 0.244. The van der Waals surface area contributed by atoms with Gasteiger partial charge in [0.15, 0.2) is 0 Å². The molecule has 0 radical (unpaired) electrons. The van der Waals surface area contributed by atoms with E-state index in [4.69, 9.17) is 14.7 Å². The van der Waals surface area contributed by atoms with E-state index in [9.17, 15) is 0 Å². The van der Waals surface area contributed by atoms with Gasteiger partial charge in [-0.3, -0.25) is 4.90 Å². The fraction of sp³-hybridized carbons (Fsp3) is 0.100. The Morgan fingerprint density at radius 3 is 2.35 bits per heavy atom. The summed E-state index contributed by atoms with van der Waals surface area (Å²) in [7, 11) is 2.06. The molecule has 46 heavy (non-hydrogen) atoms. The number of anilines is 3. The molecule has 0 N–H and O–H groups in total. The summed E-state index contributed by atoms with van der Waals surface area (Å²) in [6.45, 7) is 4.64. The number of hydrogen-bond acceptors (Lipinski definition) is 5. The number of hydrogen-bond donors (Lipinski definition) is 0. The molecule has 0 spiro atoms. The highest BCUT2D eigenvalue weighted by Gasteiger charge is 2.38. The van der Waals surface area contributed by atoms with Crippen molar-refractivity contribution in [2.24, 2.45) is 7.05 Å². The molecule has 0 atom stereocenters. The van der Waals surface area contributed by atoms with E-state index in [1.165, 1.54) is 31.3 Å². The summed E-state index contributed by atoms with van der Waals surface area (Å²) in [5, 5.41) is 2.61. The number of pyridine rings is 1. The fourth-order valence-corrected chi connectivity index (χ4v) is 8.10. The van der Waals surface area contributed by atoms with Gasteiger partial charge in [0, 0.05) is 50.5 Å². The molecule has 5 nitrogen and oxygen atoms in total. The normalized spacial score (nSPS) is 13.7. The van der Waals surface area contributed by atoms with Crippen LogP contribution >= 0.6 is 11.3 Å². The number of aryl methyl sites for hydroxylation is 1. The highest BCUT2D eigenvalue weighted by molar-refractivity contribution is 7.25. The quantitative estimate of drug-likeness (QED) is 0.198. The Kier molecular flexibility index (Phi) is 5.86. The molecule has 5 aromatic carbocycles. The van der Waals surface area contributed by atoms with E-state index in [0.717, 1.165) is 51.1 Å². The molecule has 9 rings (SSSR count). The number of rotatable bonds is 4. The molecule has 8 aromatic rings. The fourth-order valence-electron chi connectivity index (χ4n) is 6.98. The van der Waals surface area contributed by atoms with Gasteiger partial charge in [-0.25, -0.2) is 9.97 Å². The van der Waals surface area contributed by atoms with Gasteiger partial charge in [-0.2, -0.15) is 0 Å². The highest BCUT2D eigenvalue weighted by Crippen LogP contribution is 2.54. The summed E-state index contributed by atoms with van der Waals surface area (Å²) in [5.41, 5.74) is 7.57. The molecule has 4 heterocycles. The lowest BCUT2D eigenvalue weighted by Gasteiger charge is -2.41. The van der Waals surface area contributed by atoms with Crippen molar-refractivity contribution in [2.75, 3.05) is 4.90 Å². The summed E-state index contributed by atoms with van der Waals surface area (Å²) in [5.74, 6) is 3.31. The van der Waals surface area contributed by atoms with Crippen molar-refractivity contribution in [2.45, 2.75) is 19.3 Å². The molecular weight excluding hydrogens is 585 g/mol. The number of benzene rings is 5. The lowest BCUT2D eigenvalue weighted by molar-refractivity contribution is 0.482. The first kappa shape index (κ1) is 26.9. The smallest absolute Gasteiger partial charge is 0.140 e. The second kappa shape index (κ2) is 10.0. The van der Waals surface area contributed by atoms with Crippen molar-refractivity contribution >= 4 is 59.7 Å². The van der Waals surface area contributed by atoms with Crippen LogP contribution in [0.4, 0.5) is 17.2 Å². The third kappa shape index (κ3) is 4.07. The number of aromatic nitrogens is 3. The lowest BCUT2D eigenvalue weighted by atomic mass is 9.73. The minimum atomic E-state index is -0.244.